The van der Waals surface area contributed by atoms with Gasteiger partial charge in [0, 0.05) is 32.5 Å². The number of unbranched alkanes of at least 4 members (excludes halogenated alkanes) is 1. The second-order valence-corrected chi connectivity index (χ2v) is 6.29. The van der Waals surface area contributed by atoms with Gasteiger partial charge in [-0.25, -0.2) is 0 Å². The van der Waals surface area contributed by atoms with Gasteiger partial charge in [-0.2, -0.15) is 0 Å². The lowest BCUT2D eigenvalue weighted by Crippen LogP contribution is -2.40. The molecule has 152 valence electrons. The van der Waals surface area contributed by atoms with E-state index in [1.807, 2.05) is 12.1 Å². The second kappa shape index (κ2) is 14.0. The van der Waals surface area contributed by atoms with E-state index in [9.17, 15) is 4.79 Å². The maximum Gasteiger partial charge on any atom is 0.305 e. The zero-order valence-corrected chi connectivity index (χ0v) is 18.9. The third kappa shape index (κ3) is 8.29. The fourth-order valence-corrected chi connectivity index (χ4v) is 2.92. The Balaban J connectivity index is 0.00000392. The van der Waals surface area contributed by atoms with Gasteiger partial charge in [-0.05, 0) is 24.0 Å². The Bertz CT molecular complexity index is 669. The number of carbonyl (C=O) groups is 1. The van der Waals surface area contributed by atoms with Crippen molar-refractivity contribution < 1.29 is 9.53 Å². The number of nitrogens with one attached hydrogen (secondary N) is 2. The number of hydrogen-bond donors (Lipinski definition) is 2. The van der Waals surface area contributed by atoms with Gasteiger partial charge in [0.25, 0.3) is 0 Å². The molecule has 0 saturated heterocycles. The normalized spacial score (nSPS) is 10.9. The van der Waals surface area contributed by atoms with Crippen molar-refractivity contribution >= 4 is 35.9 Å². The van der Waals surface area contributed by atoms with Gasteiger partial charge in [-0.3, -0.25) is 9.79 Å². The summed E-state index contributed by atoms with van der Waals surface area (Å²) in [6.45, 7) is 1.51. The Morgan fingerprint density at radius 2 is 1.54 bits per heavy atom. The van der Waals surface area contributed by atoms with Crippen molar-refractivity contribution in [3.8, 4) is 0 Å². The number of esters is 1. The molecule has 0 aliphatic heterocycles. The molecule has 6 heteroatoms. The van der Waals surface area contributed by atoms with Crippen molar-refractivity contribution in [1.82, 2.24) is 10.6 Å². The molecule has 0 amide bonds. The number of nitrogens with zero attached hydrogens (tertiary/aromatic N) is 1. The molecule has 2 aromatic carbocycles. The molecule has 0 fully saturated rings. The minimum absolute atomic E-state index is 0. The smallest absolute Gasteiger partial charge is 0.305 e. The number of rotatable bonds is 9. The average molecular weight is 495 g/mol. The molecule has 0 aliphatic rings. The summed E-state index contributed by atoms with van der Waals surface area (Å²) >= 11 is 0. The molecule has 0 aliphatic carbocycles. The van der Waals surface area contributed by atoms with Crippen LogP contribution >= 0.6 is 24.0 Å². The maximum atomic E-state index is 11.1. The summed E-state index contributed by atoms with van der Waals surface area (Å²) in [5.41, 5.74) is 2.54. The highest BCUT2D eigenvalue weighted by Gasteiger charge is 2.14. The van der Waals surface area contributed by atoms with E-state index < -0.39 is 0 Å². The zero-order valence-electron chi connectivity index (χ0n) is 16.6. The maximum absolute atomic E-state index is 11.1. The SMILES string of the molecule is CN=C(NCCCCC(=O)OC)NCC(c1ccccc1)c1ccccc1.I. The van der Waals surface area contributed by atoms with Crippen LogP contribution in [0.5, 0.6) is 0 Å². The number of benzene rings is 2. The van der Waals surface area contributed by atoms with Crippen molar-refractivity contribution in [2.24, 2.45) is 4.99 Å². The number of guanidine groups is 1. The van der Waals surface area contributed by atoms with Crippen LogP contribution < -0.4 is 10.6 Å². The van der Waals surface area contributed by atoms with E-state index in [2.05, 4.69) is 68.9 Å². The molecule has 0 unspecified atom stereocenters. The van der Waals surface area contributed by atoms with Gasteiger partial charge in [0.2, 0.25) is 0 Å². The molecular formula is C22H30IN3O2. The topological polar surface area (TPSA) is 62.7 Å². The quantitative estimate of drug-likeness (QED) is 0.182. The molecule has 0 saturated carbocycles. The minimum Gasteiger partial charge on any atom is -0.469 e. The molecule has 0 atom stereocenters. The fraction of sp³-hybridized carbons (Fsp3) is 0.364. The van der Waals surface area contributed by atoms with Crippen LogP contribution in [-0.4, -0.2) is 39.2 Å². The molecule has 0 aromatic heterocycles. The van der Waals surface area contributed by atoms with Crippen molar-refractivity contribution in [3.63, 3.8) is 0 Å². The molecule has 2 N–H and O–H groups in total. The summed E-state index contributed by atoms with van der Waals surface area (Å²) in [4.78, 5) is 15.4. The van der Waals surface area contributed by atoms with Gasteiger partial charge in [-0.1, -0.05) is 60.7 Å². The molecule has 0 bridgehead atoms. The number of ether oxygens (including phenoxy) is 1. The van der Waals surface area contributed by atoms with Crippen LogP contribution in [0.2, 0.25) is 0 Å². The number of methoxy groups -OCH3 is 1. The standard InChI is InChI=1S/C22H29N3O2.HI/c1-23-22(24-16-10-9-15-21(26)27-2)25-17-20(18-11-5-3-6-12-18)19-13-7-4-8-14-19;/h3-8,11-14,20H,9-10,15-17H2,1-2H3,(H2,23,24,25);1H. The summed E-state index contributed by atoms with van der Waals surface area (Å²) in [5, 5.41) is 6.73. The summed E-state index contributed by atoms with van der Waals surface area (Å²) in [6.07, 6.45) is 2.14. The summed E-state index contributed by atoms with van der Waals surface area (Å²) in [7, 11) is 3.19. The Kier molecular flexibility index (Phi) is 12.0. The van der Waals surface area contributed by atoms with Gasteiger partial charge in [-0.15, -0.1) is 24.0 Å². The van der Waals surface area contributed by atoms with E-state index in [1.54, 1.807) is 7.05 Å². The van der Waals surface area contributed by atoms with Crippen molar-refractivity contribution in [1.29, 1.82) is 0 Å². The molecule has 0 radical (unpaired) electrons. The fourth-order valence-electron chi connectivity index (χ4n) is 2.92. The lowest BCUT2D eigenvalue weighted by molar-refractivity contribution is -0.140. The number of aliphatic imine (C=N–C) groups is 1. The monoisotopic (exact) mass is 495 g/mol. The van der Waals surface area contributed by atoms with Crippen LogP contribution in [0, 0.1) is 0 Å². The molecule has 0 spiro atoms. The zero-order chi connectivity index (χ0) is 19.3. The van der Waals surface area contributed by atoms with Crippen molar-refractivity contribution in [3.05, 3.63) is 71.8 Å². The molecule has 2 aromatic rings. The lowest BCUT2D eigenvalue weighted by Gasteiger charge is -2.20. The van der Waals surface area contributed by atoms with Crippen LogP contribution in [0.25, 0.3) is 0 Å². The van der Waals surface area contributed by atoms with E-state index in [0.29, 0.717) is 6.42 Å². The number of carbonyl (C=O) groups excluding carboxylic acids is 1. The van der Waals surface area contributed by atoms with Crippen LogP contribution in [0.3, 0.4) is 0 Å². The highest BCUT2D eigenvalue weighted by Crippen LogP contribution is 2.23. The third-order valence-corrected chi connectivity index (χ3v) is 4.43. The molecular weight excluding hydrogens is 465 g/mol. The minimum atomic E-state index is -0.161. The first kappa shape index (κ1) is 23.9. The summed E-state index contributed by atoms with van der Waals surface area (Å²) in [5.74, 6) is 0.848. The van der Waals surface area contributed by atoms with Crippen LogP contribution in [0.4, 0.5) is 0 Å². The predicted molar refractivity (Wildman–Crippen MR) is 125 cm³/mol. The Hall–Kier alpha value is -2.09. The molecule has 2 rings (SSSR count). The molecule has 5 nitrogen and oxygen atoms in total. The third-order valence-electron chi connectivity index (χ3n) is 4.43. The lowest BCUT2D eigenvalue weighted by atomic mass is 9.91. The first-order chi connectivity index (χ1) is 13.2. The Morgan fingerprint density at radius 3 is 2.04 bits per heavy atom. The van der Waals surface area contributed by atoms with E-state index >= 15 is 0 Å². The second-order valence-electron chi connectivity index (χ2n) is 6.29. The van der Waals surface area contributed by atoms with Gasteiger partial charge < -0.3 is 15.4 Å². The molecule has 0 heterocycles. The van der Waals surface area contributed by atoms with Gasteiger partial charge in [0.05, 0.1) is 7.11 Å². The predicted octanol–water partition coefficient (Wildman–Crippen LogP) is 3.94. The Labute approximate surface area is 185 Å². The van der Waals surface area contributed by atoms with Crippen molar-refractivity contribution in [2.45, 2.75) is 25.2 Å². The first-order valence-corrected chi connectivity index (χ1v) is 9.35. The largest absolute Gasteiger partial charge is 0.469 e. The van der Waals surface area contributed by atoms with E-state index in [0.717, 1.165) is 31.9 Å². The van der Waals surface area contributed by atoms with Gasteiger partial charge in [0.15, 0.2) is 5.96 Å². The van der Waals surface area contributed by atoms with E-state index in [-0.39, 0.29) is 35.9 Å². The van der Waals surface area contributed by atoms with Crippen molar-refractivity contribution in [2.75, 3.05) is 27.2 Å². The summed E-state index contributed by atoms with van der Waals surface area (Å²) in [6, 6.07) is 21.0. The van der Waals surface area contributed by atoms with Crippen LogP contribution in [0.15, 0.2) is 65.7 Å². The van der Waals surface area contributed by atoms with E-state index in [4.69, 9.17) is 0 Å². The first-order valence-electron chi connectivity index (χ1n) is 9.35. The van der Waals surface area contributed by atoms with E-state index in [1.165, 1.54) is 18.2 Å². The highest BCUT2D eigenvalue weighted by molar-refractivity contribution is 14.0. The van der Waals surface area contributed by atoms with Gasteiger partial charge in [0.1, 0.15) is 0 Å². The summed E-state index contributed by atoms with van der Waals surface area (Å²) < 4.78 is 4.65. The average Bonchev–Trinajstić information content (AvgIpc) is 2.73. The highest BCUT2D eigenvalue weighted by atomic mass is 127. The number of hydrogen-bond acceptors (Lipinski definition) is 3. The van der Waals surface area contributed by atoms with Crippen LogP contribution in [-0.2, 0) is 9.53 Å². The van der Waals surface area contributed by atoms with Gasteiger partial charge >= 0.3 is 5.97 Å². The Morgan fingerprint density at radius 1 is 0.964 bits per heavy atom. The number of halogens is 1. The van der Waals surface area contributed by atoms with Crippen LogP contribution in [0.1, 0.15) is 36.3 Å². The molecule has 28 heavy (non-hydrogen) atoms.